The van der Waals surface area contributed by atoms with Crippen LogP contribution in [0, 0.1) is 0 Å². The number of carbonyl (C=O) groups excluding carboxylic acids is 4. The summed E-state index contributed by atoms with van der Waals surface area (Å²) in [5, 5.41) is 30.7. The fourth-order valence-corrected chi connectivity index (χ4v) is 15.6. The molecule has 2 aromatic carbocycles. The monoisotopic (exact) mass is 1140 g/mol. The number of rotatable bonds is 31. The van der Waals surface area contributed by atoms with Crippen LogP contribution in [0.15, 0.2) is 77.8 Å². The van der Waals surface area contributed by atoms with Gasteiger partial charge in [-0.3, -0.25) is 14.4 Å². The van der Waals surface area contributed by atoms with E-state index in [9.17, 15) is 28.7 Å². The summed E-state index contributed by atoms with van der Waals surface area (Å²) in [5.41, 5.74) is 2.08. The van der Waals surface area contributed by atoms with Gasteiger partial charge in [-0.05, 0) is 88.7 Å². The highest BCUT2D eigenvalue weighted by Gasteiger charge is 2.57. The lowest BCUT2D eigenvalue weighted by Crippen LogP contribution is -2.63. The first-order valence-electron chi connectivity index (χ1n) is 27.6. The fraction of sp³-hybridized carbons (Fsp3) is 0.561. The van der Waals surface area contributed by atoms with E-state index in [0.29, 0.717) is 66.4 Å². The number of hydrogen-bond donors (Lipinski definition) is 5. The van der Waals surface area contributed by atoms with Crippen molar-refractivity contribution < 1.29 is 56.6 Å². The van der Waals surface area contributed by atoms with Crippen molar-refractivity contribution in [3.63, 3.8) is 0 Å². The van der Waals surface area contributed by atoms with Gasteiger partial charge in [-0.1, -0.05) is 51.1 Å². The number of nitrogens with zero attached hydrogens (tertiary/aromatic N) is 2. The van der Waals surface area contributed by atoms with Crippen molar-refractivity contribution in [1.82, 2.24) is 26.6 Å². The van der Waals surface area contributed by atoms with Crippen LogP contribution in [-0.4, -0.2) is 182 Å². The zero-order valence-electron chi connectivity index (χ0n) is 45.0. The molecule has 2 aromatic rings. The largest absolute Gasteiger partial charge is 0.545 e. The number of unbranched alkanes of at least 4 members (excludes halogenated alkanes) is 4. The molecule has 0 saturated carbocycles. The molecule has 424 valence electrons. The molecule has 3 amide bonds. The van der Waals surface area contributed by atoms with Gasteiger partial charge in [0.1, 0.15) is 14.2 Å². The Bertz CT molecular complexity index is 2640. The van der Waals surface area contributed by atoms with E-state index in [1.165, 1.54) is 12.1 Å². The van der Waals surface area contributed by atoms with Gasteiger partial charge in [0.2, 0.25) is 5.91 Å². The molecular weight excluding hydrogens is 1060 g/mol. The average molecular weight is 1140 g/mol. The lowest BCUT2D eigenvalue weighted by Gasteiger charge is -2.41. The summed E-state index contributed by atoms with van der Waals surface area (Å²) < 4.78 is 54.6. The van der Waals surface area contributed by atoms with E-state index >= 15 is 4.39 Å². The number of thioether (sulfide) groups is 1. The van der Waals surface area contributed by atoms with Crippen molar-refractivity contribution >= 4 is 77.3 Å². The lowest BCUT2D eigenvalue weighted by atomic mass is 9.86. The van der Waals surface area contributed by atoms with Gasteiger partial charge in [-0.25, -0.2) is 13.4 Å². The molecule has 0 spiro atoms. The van der Waals surface area contributed by atoms with Crippen LogP contribution < -0.4 is 41.8 Å². The Hall–Kier alpha value is -5.09. The third-order valence-electron chi connectivity index (χ3n) is 15.2. The van der Waals surface area contributed by atoms with Gasteiger partial charge in [0.25, 0.3) is 11.8 Å². The van der Waals surface area contributed by atoms with E-state index in [4.69, 9.17) is 30.5 Å². The van der Waals surface area contributed by atoms with Gasteiger partial charge in [0.05, 0.1) is 83.2 Å². The van der Waals surface area contributed by atoms with Crippen molar-refractivity contribution in [2.45, 2.75) is 93.6 Å². The summed E-state index contributed by atoms with van der Waals surface area (Å²) in [6, 6.07) is 11.3. The standard InChI is InChI=1S/C57H76ClF2N7O9SSi/c1-38-64-47-35-77-48(53(47)65-38)10-6-8-19-61-51(68)17-23-74-27-29-76-25-21-63-56(72)57(60)36-67(37-57)42-13-16-45-50(32-42)78(2,3)49-31-41(66-33-40(59)34-66)12-15-44(49)52(45)46-30-39(11-14-43(46)55(70)71)54(69)62-20-24-75-28-26-73-22-9-5-4-7-18-58/h11-16,30-32,40,47-48,53,64-65H,1,4-10,17-29,33-37H2,2-3H3,(H3-,61,62,63,68,69,70,71,72)/t47-,48-,53-/m0/s1. The Morgan fingerprint density at radius 1 is 0.846 bits per heavy atom. The van der Waals surface area contributed by atoms with Gasteiger partial charge in [-0.2, -0.15) is 11.8 Å². The molecule has 0 aromatic heterocycles. The smallest absolute Gasteiger partial charge is 0.302 e. The average Bonchev–Trinajstić information content (AvgIpc) is 4.11. The van der Waals surface area contributed by atoms with Crippen LogP contribution in [0.1, 0.15) is 83.2 Å². The summed E-state index contributed by atoms with van der Waals surface area (Å²) in [4.78, 5) is 53.9. The van der Waals surface area contributed by atoms with E-state index in [2.05, 4.69) is 52.3 Å². The van der Waals surface area contributed by atoms with Crippen LogP contribution >= 0.6 is 23.4 Å². The number of carbonyl (C=O) groups is 4. The summed E-state index contributed by atoms with van der Waals surface area (Å²) in [6.45, 7) is 12.2. The van der Waals surface area contributed by atoms with Crippen LogP contribution in [0.4, 0.5) is 14.5 Å². The zero-order valence-corrected chi connectivity index (χ0v) is 47.6. The minimum Gasteiger partial charge on any atom is -0.545 e. The number of fused-ring (bicyclic) bond motifs is 3. The lowest BCUT2D eigenvalue weighted by molar-refractivity contribution is -0.612. The van der Waals surface area contributed by atoms with Crippen molar-refractivity contribution in [3.05, 3.63) is 100 Å². The third-order valence-corrected chi connectivity index (χ3v) is 20.5. The number of allylic oxidation sites excluding steroid dienone is 5. The molecule has 5 aliphatic heterocycles. The van der Waals surface area contributed by atoms with Crippen LogP contribution in [0.3, 0.4) is 0 Å². The van der Waals surface area contributed by atoms with Gasteiger partial charge in [0.15, 0.2) is 18.8 Å². The van der Waals surface area contributed by atoms with Gasteiger partial charge < -0.3 is 60.3 Å². The molecular formula is C57H76ClF2N7O9SSi. The normalized spacial score (nSPS) is 21.9. The molecule has 5 heterocycles. The molecule has 6 aliphatic rings. The van der Waals surface area contributed by atoms with Gasteiger partial charge in [-0.15, -0.1) is 11.6 Å². The number of anilines is 1. The molecule has 21 heteroatoms. The molecule has 16 nitrogen and oxygen atoms in total. The zero-order chi connectivity index (χ0) is 55.2. The molecule has 1 aliphatic carbocycles. The van der Waals surface area contributed by atoms with Crippen LogP contribution in [-0.2, 0) is 28.5 Å². The molecule has 4 fully saturated rings. The maximum Gasteiger partial charge on any atom is 0.302 e. The molecule has 4 saturated heterocycles. The number of carboxylic acids is 1. The molecule has 5 N–H and O–H groups in total. The number of benzene rings is 2. The minimum atomic E-state index is -2.65. The number of halogens is 3. The summed E-state index contributed by atoms with van der Waals surface area (Å²) in [5.74, 6) is 0.0712. The second-order valence-electron chi connectivity index (χ2n) is 21.3. The number of hydrogen-bond acceptors (Lipinski definition) is 13. The first-order chi connectivity index (χ1) is 37.7. The third kappa shape index (κ3) is 14.8. The molecule has 0 unspecified atom stereocenters. The van der Waals surface area contributed by atoms with Gasteiger partial charge >= 0.3 is 5.67 Å². The molecule has 8 rings (SSSR count). The quantitative estimate of drug-likeness (QED) is 0.0315. The molecule has 0 bridgehead atoms. The first-order valence-corrected chi connectivity index (χ1v) is 32.1. The Morgan fingerprint density at radius 3 is 2.29 bits per heavy atom. The molecule has 0 radical (unpaired) electrons. The highest BCUT2D eigenvalue weighted by atomic mass is 35.5. The van der Waals surface area contributed by atoms with Crippen LogP contribution in [0.25, 0.3) is 5.57 Å². The number of aromatic carboxylic acids is 1. The van der Waals surface area contributed by atoms with Crippen molar-refractivity contribution in [3.8, 4) is 0 Å². The number of amides is 3. The predicted molar refractivity (Wildman–Crippen MR) is 302 cm³/mol. The van der Waals surface area contributed by atoms with Gasteiger partial charge in [0, 0.05) is 78.5 Å². The predicted octanol–water partition coefficient (Wildman–Crippen LogP) is 4.05. The Balaban J connectivity index is 0.828. The second-order valence-corrected chi connectivity index (χ2v) is 27.2. The fourth-order valence-electron chi connectivity index (χ4n) is 10.8. The minimum absolute atomic E-state index is 0.0563. The van der Waals surface area contributed by atoms with E-state index in [1.807, 2.05) is 47.0 Å². The highest BCUT2D eigenvalue weighted by Crippen LogP contribution is 2.44. The number of carboxylic acid groups (broad SMARTS) is 1. The Kier molecular flexibility index (Phi) is 21.1. The Labute approximate surface area is 467 Å². The second kappa shape index (κ2) is 27.9. The first kappa shape index (κ1) is 59.0. The van der Waals surface area contributed by atoms with E-state index in [0.717, 1.165) is 83.7 Å². The number of alkyl halides is 3. The summed E-state index contributed by atoms with van der Waals surface area (Å²) >= 11 is 7.73. The van der Waals surface area contributed by atoms with Crippen LogP contribution in [0.2, 0.25) is 13.1 Å². The van der Waals surface area contributed by atoms with E-state index < -0.39 is 37.7 Å². The summed E-state index contributed by atoms with van der Waals surface area (Å²) in [7, 11) is -2.65. The van der Waals surface area contributed by atoms with Crippen molar-refractivity contribution in [2.75, 3.05) is 115 Å². The number of nitrogens with one attached hydrogen (secondary N) is 5. The maximum atomic E-state index is 16.2. The molecule has 78 heavy (non-hydrogen) atoms. The van der Waals surface area contributed by atoms with Crippen molar-refractivity contribution in [1.29, 1.82) is 0 Å². The Morgan fingerprint density at radius 2 is 1.56 bits per heavy atom. The topological polar surface area (TPSA) is 195 Å². The molecule has 3 atom stereocenters. The van der Waals surface area contributed by atoms with E-state index in [-0.39, 0.29) is 95.8 Å². The highest BCUT2D eigenvalue weighted by molar-refractivity contribution is 8.00. The van der Waals surface area contributed by atoms with Crippen molar-refractivity contribution in [2.24, 2.45) is 0 Å². The SMILES string of the molecule is C=C1N[C@H]2[C@H](CS[C@H]2CCCCNC(=O)CCOCCOCCNC(=O)C2(F)C[N+](=C3C=CC4=C(c5cc(C(=O)NCCOCCOCCCCCCCl)ccc5C(=O)[O-])c5ccc(N6CC(F)C6)cc5[Si](C)(C)C4=C3)C2)N1. The van der Waals surface area contributed by atoms with Crippen LogP contribution in [0.5, 0.6) is 0 Å². The summed E-state index contributed by atoms with van der Waals surface area (Å²) in [6.07, 6.45) is 12.3. The maximum absolute atomic E-state index is 16.2. The number of ether oxygens (including phenoxy) is 4. The van der Waals surface area contributed by atoms with E-state index in [1.54, 1.807) is 10.6 Å².